The lowest BCUT2D eigenvalue weighted by atomic mass is 10.2. The van der Waals surface area contributed by atoms with Crippen LogP contribution in [0.5, 0.6) is 0 Å². The number of hydrogen-bond acceptors (Lipinski definition) is 3. The minimum atomic E-state index is -1.15. The second kappa shape index (κ2) is 5.66. The number of aromatic nitrogens is 1. The van der Waals surface area contributed by atoms with Crippen molar-refractivity contribution in [2.24, 2.45) is 0 Å². The molecule has 7 heteroatoms. The van der Waals surface area contributed by atoms with Gasteiger partial charge in [-0.25, -0.2) is 9.18 Å². The van der Waals surface area contributed by atoms with E-state index in [0.717, 1.165) is 12.3 Å². The van der Waals surface area contributed by atoms with Crippen LogP contribution in [0.2, 0.25) is 5.02 Å². The molecule has 2 rings (SSSR count). The Bertz CT molecular complexity index is 691. The highest BCUT2D eigenvalue weighted by molar-refractivity contribution is 6.31. The van der Waals surface area contributed by atoms with Gasteiger partial charge in [0.05, 0.1) is 22.5 Å². The van der Waals surface area contributed by atoms with Crippen molar-refractivity contribution in [2.75, 3.05) is 5.32 Å². The largest absolute Gasteiger partial charge is 0.478 e. The summed E-state index contributed by atoms with van der Waals surface area (Å²) in [4.78, 5) is 26.4. The van der Waals surface area contributed by atoms with Crippen LogP contribution in [-0.2, 0) is 0 Å². The van der Waals surface area contributed by atoms with Gasteiger partial charge in [0.1, 0.15) is 5.82 Å². The van der Waals surface area contributed by atoms with Crippen molar-refractivity contribution < 1.29 is 19.1 Å². The van der Waals surface area contributed by atoms with E-state index < -0.39 is 17.7 Å². The number of aromatic carboxylic acids is 1. The third-order valence-corrected chi connectivity index (χ3v) is 2.71. The number of nitrogens with zero attached hydrogens (tertiary/aromatic N) is 1. The van der Waals surface area contributed by atoms with Gasteiger partial charge in [0.25, 0.3) is 5.91 Å². The summed E-state index contributed by atoms with van der Waals surface area (Å²) in [6.45, 7) is 0. The van der Waals surface area contributed by atoms with Gasteiger partial charge >= 0.3 is 5.97 Å². The first-order chi connectivity index (χ1) is 9.47. The number of pyridine rings is 1. The fraction of sp³-hybridized carbons (Fsp3) is 0. The number of rotatable bonds is 3. The third-order valence-electron chi connectivity index (χ3n) is 2.42. The van der Waals surface area contributed by atoms with E-state index >= 15 is 0 Å². The van der Waals surface area contributed by atoms with Crippen LogP contribution in [0.15, 0.2) is 36.7 Å². The summed E-state index contributed by atoms with van der Waals surface area (Å²) in [5, 5.41) is 11.1. The highest BCUT2D eigenvalue weighted by atomic mass is 35.5. The highest BCUT2D eigenvalue weighted by Crippen LogP contribution is 2.17. The standard InChI is InChI=1S/C13H8ClFN2O3/c14-10-4-7(1-2-11(10)15)12(18)17-9-3-8(13(19)20)5-16-6-9/h1-6H,(H,17,18)(H,19,20). The minimum absolute atomic E-state index is 0.0556. The smallest absolute Gasteiger partial charge is 0.337 e. The third kappa shape index (κ3) is 3.10. The average Bonchev–Trinajstić information content (AvgIpc) is 2.42. The topological polar surface area (TPSA) is 79.3 Å². The quantitative estimate of drug-likeness (QED) is 0.912. The van der Waals surface area contributed by atoms with Gasteiger partial charge in [0.2, 0.25) is 0 Å². The predicted octanol–water partition coefficient (Wildman–Crippen LogP) is 2.82. The lowest BCUT2D eigenvalue weighted by Gasteiger charge is -2.06. The molecule has 0 spiro atoms. The normalized spacial score (nSPS) is 10.1. The Labute approximate surface area is 118 Å². The van der Waals surface area contributed by atoms with E-state index in [0.29, 0.717) is 0 Å². The number of carbonyl (C=O) groups excluding carboxylic acids is 1. The molecule has 0 bridgehead atoms. The van der Waals surface area contributed by atoms with E-state index in [4.69, 9.17) is 16.7 Å². The Hall–Kier alpha value is -2.47. The van der Waals surface area contributed by atoms with Crippen molar-refractivity contribution in [1.82, 2.24) is 4.98 Å². The molecule has 0 atom stereocenters. The molecule has 20 heavy (non-hydrogen) atoms. The van der Waals surface area contributed by atoms with Gasteiger partial charge in [-0.3, -0.25) is 9.78 Å². The summed E-state index contributed by atoms with van der Waals surface area (Å²) in [5.41, 5.74) is 0.312. The van der Waals surface area contributed by atoms with Crippen LogP contribution in [-0.4, -0.2) is 22.0 Å². The molecule has 1 aromatic heterocycles. The monoisotopic (exact) mass is 294 g/mol. The molecule has 0 saturated heterocycles. The van der Waals surface area contributed by atoms with Crippen molar-refractivity contribution in [1.29, 1.82) is 0 Å². The van der Waals surface area contributed by atoms with Crippen molar-refractivity contribution in [3.8, 4) is 0 Å². The van der Waals surface area contributed by atoms with Gasteiger partial charge in [-0.05, 0) is 24.3 Å². The summed E-state index contributed by atoms with van der Waals surface area (Å²) < 4.78 is 13.0. The molecule has 1 amide bonds. The van der Waals surface area contributed by atoms with Gasteiger partial charge in [-0.15, -0.1) is 0 Å². The molecule has 0 fully saturated rings. The lowest BCUT2D eigenvalue weighted by molar-refractivity contribution is 0.0696. The van der Waals surface area contributed by atoms with Crippen LogP contribution in [0, 0.1) is 5.82 Å². The second-order valence-electron chi connectivity index (χ2n) is 3.85. The molecule has 0 aliphatic rings. The lowest BCUT2D eigenvalue weighted by Crippen LogP contribution is -2.13. The molecular weight excluding hydrogens is 287 g/mol. The Kier molecular flexibility index (Phi) is 3.95. The van der Waals surface area contributed by atoms with Crippen molar-refractivity contribution >= 4 is 29.2 Å². The predicted molar refractivity (Wildman–Crippen MR) is 70.6 cm³/mol. The maximum atomic E-state index is 13.0. The van der Waals surface area contributed by atoms with Gasteiger partial charge < -0.3 is 10.4 Å². The fourth-order valence-electron chi connectivity index (χ4n) is 1.47. The minimum Gasteiger partial charge on any atom is -0.478 e. The molecule has 0 aliphatic heterocycles. The van der Waals surface area contributed by atoms with E-state index in [1.165, 1.54) is 24.4 Å². The van der Waals surface area contributed by atoms with Crippen LogP contribution in [0.4, 0.5) is 10.1 Å². The zero-order valence-corrected chi connectivity index (χ0v) is 10.7. The van der Waals surface area contributed by atoms with Crippen LogP contribution < -0.4 is 5.32 Å². The number of amides is 1. The van der Waals surface area contributed by atoms with Crippen molar-refractivity contribution in [2.45, 2.75) is 0 Å². The Morgan fingerprint density at radius 2 is 1.95 bits per heavy atom. The van der Waals surface area contributed by atoms with E-state index in [-0.39, 0.29) is 21.8 Å². The molecule has 1 aromatic carbocycles. The van der Waals surface area contributed by atoms with E-state index in [9.17, 15) is 14.0 Å². The zero-order chi connectivity index (χ0) is 14.7. The molecule has 0 saturated carbocycles. The Morgan fingerprint density at radius 1 is 1.20 bits per heavy atom. The van der Waals surface area contributed by atoms with Gasteiger partial charge in [-0.2, -0.15) is 0 Å². The van der Waals surface area contributed by atoms with Crippen LogP contribution in [0.1, 0.15) is 20.7 Å². The Balaban J connectivity index is 2.21. The summed E-state index contributed by atoms with van der Waals surface area (Å²) in [5.74, 6) is -2.33. The first kappa shape index (κ1) is 14.0. The molecular formula is C13H8ClFN2O3. The number of nitrogens with one attached hydrogen (secondary N) is 1. The zero-order valence-electron chi connectivity index (χ0n) is 9.93. The molecule has 0 unspecified atom stereocenters. The molecule has 1 heterocycles. The maximum Gasteiger partial charge on any atom is 0.337 e. The first-order valence-corrected chi connectivity index (χ1v) is 5.80. The molecule has 2 aromatic rings. The summed E-state index contributed by atoms with van der Waals surface area (Å²) in [7, 11) is 0. The SMILES string of the molecule is O=C(O)c1cncc(NC(=O)c2ccc(F)c(Cl)c2)c1. The van der Waals surface area contributed by atoms with Gasteiger partial charge in [-0.1, -0.05) is 11.6 Å². The number of carbonyl (C=O) groups is 2. The summed E-state index contributed by atoms with van der Waals surface area (Å²) >= 11 is 5.58. The van der Waals surface area contributed by atoms with E-state index in [2.05, 4.69) is 10.3 Å². The fourth-order valence-corrected chi connectivity index (χ4v) is 1.65. The number of carboxylic acids is 1. The van der Waals surface area contributed by atoms with Crippen molar-refractivity contribution in [3.05, 3.63) is 58.6 Å². The molecule has 0 aliphatic carbocycles. The summed E-state index contributed by atoms with van der Waals surface area (Å²) in [6.07, 6.45) is 2.46. The number of halogens is 2. The summed E-state index contributed by atoms with van der Waals surface area (Å²) in [6, 6.07) is 4.78. The highest BCUT2D eigenvalue weighted by Gasteiger charge is 2.10. The molecule has 102 valence electrons. The van der Waals surface area contributed by atoms with E-state index in [1.807, 2.05) is 0 Å². The van der Waals surface area contributed by atoms with Crippen LogP contribution in [0.25, 0.3) is 0 Å². The number of anilines is 1. The molecule has 0 radical (unpaired) electrons. The van der Waals surface area contributed by atoms with Gasteiger partial charge in [0, 0.05) is 11.8 Å². The Morgan fingerprint density at radius 3 is 2.60 bits per heavy atom. The first-order valence-electron chi connectivity index (χ1n) is 5.42. The number of carboxylic acid groups (broad SMARTS) is 1. The average molecular weight is 295 g/mol. The van der Waals surface area contributed by atoms with E-state index in [1.54, 1.807) is 0 Å². The second-order valence-corrected chi connectivity index (χ2v) is 4.26. The number of hydrogen-bond donors (Lipinski definition) is 2. The molecule has 2 N–H and O–H groups in total. The molecule has 5 nitrogen and oxygen atoms in total. The maximum absolute atomic E-state index is 13.0. The van der Waals surface area contributed by atoms with Crippen LogP contribution >= 0.6 is 11.6 Å². The van der Waals surface area contributed by atoms with Crippen LogP contribution in [0.3, 0.4) is 0 Å². The van der Waals surface area contributed by atoms with Gasteiger partial charge in [0.15, 0.2) is 0 Å². The number of benzene rings is 1. The van der Waals surface area contributed by atoms with Crippen molar-refractivity contribution in [3.63, 3.8) is 0 Å².